The van der Waals surface area contributed by atoms with E-state index in [0.29, 0.717) is 11.3 Å². The van der Waals surface area contributed by atoms with Crippen LogP contribution in [0.2, 0.25) is 0 Å². The van der Waals surface area contributed by atoms with Crippen LogP contribution in [0.1, 0.15) is 37.1 Å². The normalized spacial score (nSPS) is 15.8. The molecule has 4 atom stereocenters. The van der Waals surface area contributed by atoms with E-state index < -0.39 is 24.0 Å². The van der Waals surface area contributed by atoms with E-state index in [1.54, 1.807) is 38.3 Å². The van der Waals surface area contributed by atoms with Gasteiger partial charge in [0.05, 0.1) is 13.2 Å². The number of rotatable bonds is 8. The van der Waals surface area contributed by atoms with Gasteiger partial charge in [-0.1, -0.05) is 49.4 Å². The molecule has 0 fully saturated rings. The number of aliphatic carboxylic acids is 1. The molecule has 0 aliphatic heterocycles. The van der Waals surface area contributed by atoms with Gasteiger partial charge >= 0.3 is 5.97 Å². The molecule has 5 heteroatoms. The standard InChI is InChI=1S/C20H25NO4/c1-13(19(22)16-9-11-17(25-3)12-10-16)18(20(23)24)21-14(2)15-7-5-4-6-8-15/h4-14,18-19,21-22H,1-3H3,(H,23,24)/t13-,14+,18+,19-/m1/s1. The SMILES string of the molecule is COc1ccc([C@H](O)[C@H](C)[C@H](N[C@@H](C)c2ccccc2)C(=O)O)cc1. The third kappa shape index (κ3) is 4.81. The Morgan fingerprint density at radius 3 is 2.12 bits per heavy atom. The Morgan fingerprint density at radius 1 is 1.00 bits per heavy atom. The van der Waals surface area contributed by atoms with Crippen molar-refractivity contribution < 1.29 is 19.7 Å². The number of methoxy groups -OCH3 is 1. The largest absolute Gasteiger partial charge is 0.497 e. The van der Waals surface area contributed by atoms with Gasteiger partial charge in [-0.3, -0.25) is 10.1 Å². The summed E-state index contributed by atoms with van der Waals surface area (Å²) >= 11 is 0. The van der Waals surface area contributed by atoms with Crippen LogP contribution in [0.3, 0.4) is 0 Å². The smallest absolute Gasteiger partial charge is 0.321 e. The first-order chi connectivity index (χ1) is 11.9. The summed E-state index contributed by atoms with van der Waals surface area (Å²) in [6.07, 6.45) is -0.900. The molecule has 134 valence electrons. The molecule has 2 rings (SSSR count). The van der Waals surface area contributed by atoms with Crippen molar-refractivity contribution in [1.29, 1.82) is 0 Å². The molecule has 25 heavy (non-hydrogen) atoms. The zero-order chi connectivity index (χ0) is 18.4. The average Bonchev–Trinajstić information content (AvgIpc) is 2.65. The van der Waals surface area contributed by atoms with Gasteiger partial charge in [0.1, 0.15) is 11.8 Å². The summed E-state index contributed by atoms with van der Waals surface area (Å²) in [4.78, 5) is 11.8. The van der Waals surface area contributed by atoms with Crippen LogP contribution in [0.15, 0.2) is 54.6 Å². The van der Waals surface area contributed by atoms with Gasteiger partial charge in [0.15, 0.2) is 0 Å². The van der Waals surface area contributed by atoms with Crippen molar-refractivity contribution in [3.05, 3.63) is 65.7 Å². The van der Waals surface area contributed by atoms with Gasteiger partial charge in [-0.05, 0) is 30.2 Å². The highest BCUT2D eigenvalue weighted by Crippen LogP contribution is 2.27. The maximum Gasteiger partial charge on any atom is 0.321 e. The number of hydrogen-bond donors (Lipinski definition) is 3. The van der Waals surface area contributed by atoms with Crippen molar-refractivity contribution >= 4 is 5.97 Å². The summed E-state index contributed by atoms with van der Waals surface area (Å²) in [6.45, 7) is 3.65. The molecule has 0 aliphatic carbocycles. The summed E-state index contributed by atoms with van der Waals surface area (Å²) in [5, 5.41) is 23.4. The summed E-state index contributed by atoms with van der Waals surface area (Å²) in [5.74, 6) is -0.811. The quantitative estimate of drug-likeness (QED) is 0.686. The zero-order valence-corrected chi connectivity index (χ0v) is 14.7. The van der Waals surface area contributed by atoms with E-state index in [2.05, 4.69) is 5.32 Å². The maximum atomic E-state index is 11.8. The highest BCUT2D eigenvalue weighted by atomic mass is 16.5. The number of benzene rings is 2. The van der Waals surface area contributed by atoms with E-state index in [1.807, 2.05) is 37.3 Å². The molecule has 2 aromatic rings. The van der Waals surface area contributed by atoms with Crippen molar-refractivity contribution in [2.24, 2.45) is 5.92 Å². The minimum absolute atomic E-state index is 0.146. The number of nitrogens with one attached hydrogen (secondary N) is 1. The topological polar surface area (TPSA) is 78.8 Å². The molecule has 2 aromatic carbocycles. The molecule has 0 saturated carbocycles. The average molecular weight is 343 g/mol. The minimum Gasteiger partial charge on any atom is -0.497 e. The molecular formula is C20H25NO4. The van der Waals surface area contributed by atoms with Gasteiger partial charge in [-0.2, -0.15) is 0 Å². The number of aliphatic hydroxyl groups excluding tert-OH is 1. The molecule has 0 radical (unpaired) electrons. The van der Waals surface area contributed by atoms with Gasteiger partial charge in [0, 0.05) is 12.0 Å². The summed E-state index contributed by atoms with van der Waals surface area (Å²) in [5.41, 5.74) is 1.66. The van der Waals surface area contributed by atoms with Gasteiger partial charge < -0.3 is 14.9 Å². The van der Waals surface area contributed by atoms with Gasteiger partial charge in [-0.15, -0.1) is 0 Å². The van der Waals surface area contributed by atoms with Crippen molar-refractivity contribution in [2.75, 3.05) is 7.11 Å². The lowest BCUT2D eigenvalue weighted by Crippen LogP contribution is -2.45. The van der Waals surface area contributed by atoms with E-state index in [9.17, 15) is 15.0 Å². The number of carbonyl (C=O) groups is 1. The van der Waals surface area contributed by atoms with Crippen LogP contribution in [0, 0.1) is 5.92 Å². The summed E-state index contributed by atoms with van der Waals surface area (Å²) in [7, 11) is 1.57. The number of ether oxygens (including phenoxy) is 1. The first-order valence-electron chi connectivity index (χ1n) is 8.30. The number of hydrogen-bond acceptors (Lipinski definition) is 4. The van der Waals surface area contributed by atoms with Crippen molar-refractivity contribution in [3.63, 3.8) is 0 Å². The highest BCUT2D eigenvalue weighted by molar-refractivity contribution is 5.74. The first-order valence-corrected chi connectivity index (χ1v) is 8.30. The van der Waals surface area contributed by atoms with Crippen LogP contribution in [0.25, 0.3) is 0 Å². The first kappa shape index (κ1) is 19.0. The monoisotopic (exact) mass is 343 g/mol. The Labute approximate surface area is 148 Å². The van der Waals surface area contributed by atoms with Crippen LogP contribution >= 0.6 is 0 Å². The molecule has 0 aliphatic rings. The van der Waals surface area contributed by atoms with E-state index in [-0.39, 0.29) is 6.04 Å². The number of carboxylic acid groups (broad SMARTS) is 1. The molecule has 0 heterocycles. The van der Waals surface area contributed by atoms with Gasteiger partial charge in [0.25, 0.3) is 0 Å². The van der Waals surface area contributed by atoms with E-state index in [0.717, 1.165) is 5.56 Å². The minimum atomic E-state index is -0.983. The molecule has 0 bridgehead atoms. The predicted octanol–water partition coefficient (Wildman–Crippen LogP) is 3.17. The molecule has 0 unspecified atom stereocenters. The zero-order valence-electron chi connectivity index (χ0n) is 14.7. The molecule has 0 saturated heterocycles. The van der Waals surface area contributed by atoms with Crippen molar-refractivity contribution in [3.8, 4) is 5.75 Å². The Balaban J connectivity index is 2.13. The Hall–Kier alpha value is -2.37. The maximum absolute atomic E-state index is 11.8. The predicted molar refractivity (Wildman–Crippen MR) is 96.5 cm³/mol. The third-order valence-corrected chi connectivity index (χ3v) is 4.48. The molecule has 3 N–H and O–H groups in total. The van der Waals surface area contributed by atoms with Gasteiger partial charge in [-0.25, -0.2) is 0 Å². The molecule has 0 amide bonds. The lowest BCUT2D eigenvalue weighted by molar-refractivity contribution is -0.142. The summed E-state index contributed by atoms with van der Waals surface area (Å²) in [6, 6.07) is 15.6. The molecule has 0 aromatic heterocycles. The lowest BCUT2D eigenvalue weighted by Gasteiger charge is -2.29. The molecule has 0 spiro atoms. The lowest BCUT2D eigenvalue weighted by atomic mass is 9.90. The van der Waals surface area contributed by atoms with Crippen molar-refractivity contribution in [2.45, 2.75) is 32.0 Å². The Morgan fingerprint density at radius 2 is 1.60 bits per heavy atom. The van der Waals surface area contributed by atoms with Gasteiger partial charge in [0.2, 0.25) is 0 Å². The van der Waals surface area contributed by atoms with Crippen LogP contribution in [-0.4, -0.2) is 29.3 Å². The Kier molecular flexibility index (Phi) is 6.56. The third-order valence-electron chi connectivity index (χ3n) is 4.48. The van der Waals surface area contributed by atoms with E-state index >= 15 is 0 Å². The van der Waals surface area contributed by atoms with E-state index in [4.69, 9.17) is 4.74 Å². The fourth-order valence-electron chi connectivity index (χ4n) is 2.84. The Bertz CT molecular complexity index is 672. The fraction of sp³-hybridized carbons (Fsp3) is 0.350. The van der Waals surface area contributed by atoms with Crippen LogP contribution in [0.5, 0.6) is 5.75 Å². The number of carboxylic acids is 1. The fourth-order valence-corrected chi connectivity index (χ4v) is 2.84. The highest BCUT2D eigenvalue weighted by Gasteiger charge is 2.32. The van der Waals surface area contributed by atoms with Crippen LogP contribution < -0.4 is 10.1 Å². The number of aliphatic hydroxyl groups is 1. The molecule has 5 nitrogen and oxygen atoms in total. The summed E-state index contributed by atoms with van der Waals surface area (Å²) < 4.78 is 5.11. The second-order valence-electron chi connectivity index (χ2n) is 6.19. The van der Waals surface area contributed by atoms with Crippen molar-refractivity contribution in [1.82, 2.24) is 5.32 Å². The van der Waals surface area contributed by atoms with E-state index in [1.165, 1.54) is 0 Å². The molecular weight excluding hydrogens is 318 g/mol. The second-order valence-corrected chi connectivity index (χ2v) is 6.19. The second kappa shape index (κ2) is 8.65. The van der Waals surface area contributed by atoms with Crippen LogP contribution in [-0.2, 0) is 4.79 Å². The van der Waals surface area contributed by atoms with Crippen LogP contribution in [0.4, 0.5) is 0 Å².